The van der Waals surface area contributed by atoms with Gasteiger partial charge in [-0.15, -0.1) is 0 Å². The van der Waals surface area contributed by atoms with Gasteiger partial charge < -0.3 is 15.0 Å². The molecule has 5 heteroatoms. The van der Waals surface area contributed by atoms with Crippen molar-refractivity contribution >= 4 is 5.91 Å². The molecule has 0 aromatic carbocycles. The zero-order valence-electron chi connectivity index (χ0n) is 9.43. The van der Waals surface area contributed by atoms with E-state index in [1.807, 2.05) is 0 Å². The van der Waals surface area contributed by atoms with E-state index >= 15 is 0 Å². The van der Waals surface area contributed by atoms with Crippen LogP contribution in [0.5, 0.6) is 0 Å². The predicted octanol–water partition coefficient (Wildman–Crippen LogP) is 0.218. The number of rotatable bonds is 4. The Kier molecular flexibility index (Phi) is 4.25. The second-order valence-electron chi connectivity index (χ2n) is 3.78. The number of aliphatic hydroxyl groups is 1. The largest absolute Gasteiger partial charge is 0.393 e. The summed E-state index contributed by atoms with van der Waals surface area (Å²) in [6.45, 7) is 2.08. The molecule has 1 aromatic rings. The molecule has 0 saturated carbocycles. The highest BCUT2D eigenvalue weighted by molar-refractivity contribution is 5.93. The fourth-order valence-corrected chi connectivity index (χ4v) is 1.28. The molecule has 0 aliphatic carbocycles. The monoisotopic (exact) mass is 224 g/mol. The van der Waals surface area contributed by atoms with Crippen LogP contribution in [0, 0.1) is 0 Å². The van der Waals surface area contributed by atoms with E-state index < -0.39 is 11.7 Å². The third kappa shape index (κ3) is 3.20. The first-order valence-electron chi connectivity index (χ1n) is 5.13. The van der Waals surface area contributed by atoms with Crippen molar-refractivity contribution in [1.82, 2.24) is 9.88 Å². The molecule has 1 heterocycles. The third-order valence-corrected chi connectivity index (χ3v) is 2.28. The van der Waals surface area contributed by atoms with Gasteiger partial charge in [0.15, 0.2) is 0 Å². The Morgan fingerprint density at radius 2 is 2.31 bits per heavy atom. The van der Waals surface area contributed by atoms with E-state index in [0.29, 0.717) is 13.0 Å². The number of nitrogens with zero attached hydrogens (tertiary/aromatic N) is 1. The molecule has 0 fully saturated rings. The van der Waals surface area contributed by atoms with E-state index in [1.165, 1.54) is 17.2 Å². The first-order chi connectivity index (χ1) is 7.52. The van der Waals surface area contributed by atoms with Crippen LogP contribution in [0.15, 0.2) is 23.1 Å². The minimum Gasteiger partial charge on any atom is -0.393 e. The Hall–Kier alpha value is -1.62. The van der Waals surface area contributed by atoms with Gasteiger partial charge in [0.25, 0.3) is 11.5 Å². The van der Waals surface area contributed by atoms with Gasteiger partial charge in [-0.2, -0.15) is 0 Å². The zero-order chi connectivity index (χ0) is 12.1. The van der Waals surface area contributed by atoms with Gasteiger partial charge in [-0.25, -0.2) is 0 Å². The van der Waals surface area contributed by atoms with Gasteiger partial charge in [0.1, 0.15) is 5.56 Å². The van der Waals surface area contributed by atoms with Crippen molar-refractivity contribution in [2.24, 2.45) is 0 Å². The highest BCUT2D eigenvalue weighted by Crippen LogP contribution is 1.99. The topological polar surface area (TPSA) is 73.4 Å². The van der Waals surface area contributed by atoms with Gasteiger partial charge >= 0.3 is 0 Å². The molecule has 0 saturated heterocycles. The highest BCUT2D eigenvalue weighted by Gasteiger charge is 2.14. The summed E-state index contributed by atoms with van der Waals surface area (Å²) in [6, 6.07) is 3.09. The van der Waals surface area contributed by atoms with Crippen molar-refractivity contribution in [2.75, 3.05) is 13.6 Å². The lowest BCUT2D eigenvalue weighted by molar-refractivity contribution is 0.0767. The predicted molar refractivity (Wildman–Crippen MR) is 60.3 cm³/mol. The molecular formula is C11H16N2O3. The molecule has 0 spiro atoms. The smallest absolute Gasteiger partial charge is 0.260 e. The average Bonchev–Trinajstić information content (AvgIpc) is 2.25. The minimum atomic E-state index is -0.454. The molecule has 0 radical (unpaired) electrons. The Labute approximate surface area is 93.7 Å². The number of hydrogen-bond donors (Lipinski definition) is 2. The number of aromatic nitrogens is 1. The molecule has 1 aromatic heterocycles. The first kappa shape index (κ1) is 12.4. The van der Waals surface area contributed by atoms with Crippen LogP contribution in [-0.4, -0.2) is 40.6 Å². The Morgan fingerprint density at radius 3 is 2.88 bits per heavy atom. The van der Waals surface area contributed by atoms with E-state index in [9.17, 15) is 9.59 Å². The van der Waals surface area contributed by atoms with Crippen LogP contribution < -0.4 is 5.56 Å². The van der Waals surface area contributed by atoms with Crippen molar-refractivity contribution < 1.29 is 9.90 Å². The van der Waals surface area contributed by atoms with Crippen molar-refractivity contribution in [1.29, 1.82) is 0 Å². The summed E-state index contributed by atoms with van der Waals surface area (Å²) in [5.41, 5.74) is -0.271. The summed E-state index contributed by atoms with van der Waals surface area (Å²) < 4.78 is 0. The van der Waals surface area contributed by atoms with E-state index in [0.717, 1.165) is 0 Å². The van der Waals surface area contributed by atoms with Crippen LogP contribution in [0.3, 0.4) is 0 Å². The lowest BCUT2D eigenvalue weighted by Crippen LogP contribution is -2.33. The van der Waals surface area contributed by atoms with E-state index in [1.54, 1.807) is 20.0 Å². The molecule has 0 bridgehead atoms. The minimum absolute atomic E-state index is 0.121. The Bertz CT molecular complexity index is 412. The molecule has 2 N–H and O–H groups in total. The molecule has 1 amide bonds. The number of amides is 1. The maximum absolute atomic E-state index is 11.8. The molecule has 88 valence electrons. The number of carbonyl (C=O) groups is 1. The highest BCUT2D eigenvalue weighted by atomic mass is 16.3. The second kappa shape index (κ2) is 5.46. The SMILES string of the molecule is CC(O)CCN(C)C(=O)c1ccc[nH]c1=O. The van der Waals surface area contributed by atoms with Crippen molar-refractivity contribution in [2.45, 2.75) is 19.4 Å². The molecule has 0 aliphatic heterocycles. The van der Waals surface area contributed by atoms with Gasteiger partial charge in [0, 0.05) is 19.8 Å². The number of H-pyrrole nitrogens is 1. The number of aromatic amines is 1. The summed E-state index contributed by atoms with van der Waals surface area (Å²) in [7, 11) is 1.61. The molecule has 1 unspecified atom stereocenters. The number of pyridine rings is 1. The van der Waals surface area contributed by atoms with Crippen LogP contribution in [-0.2, 0) is 0 Å². The van der Waals surface area contributed by atoms with Crippen LogP contribution in [0.1, 0.15) is 23.7 Å². The quantitative estimate of drug-likeness (QED) is 0.768. The Morgan fingerprint density at radius 1 is 1.62 bits per heavy atom. The lowest BCUT2D eigenvalue weighted by Gasteiger charge is -2.17. The van der Waals surface area contributed by atoms with Gasteiger partial charge in [-0.3, -0.25) is 9.59 Å². The van der Waals surface area contributed by atoms with Crippen molar-refractivity contribution in [3.8, 4) is 0 Å². The van der Waals surface area contributed by atoms with Crippen LogP contribution in [0.2, 0.25) is 0 Å². The summed E-state index contributed by atoms with van der Waals surface area (Å²) in [5, 5.41) is 9.10. The van der Waals surface area contributed by atoms with E-state index in [2.05, 4.69) is 4.98 Å². The first-order valence-corrected chi connectivity index (χ1v) is 5.13. The number of hydrogen-bond acceptors (Lipinski definition) is 3. The summed E-state index contributed by atoms with van der Waals surface area (Å²) >= 11 is 0. The summed E-state index contributed by atoms with van der Waals surface area (Å²) in [4.78, 5) is 27.0. The van der Waals surface area contributed by atoms with Crippen LogP contribution in [0.25, 0.3) is 0 Å². The normalized spacial score (nSPS) is 12.2. The second-order valence-corrected chi connectivity index (χ2v) is 3.78. The van der Waals surface area contributed by atoms with Gasteiger partial charge in [-0.05, 0) is 25.5 Å². The van der Waals surface area contributed by atoms with Crippen molar-refractivity contribution in [3.05, 3.63) is 34.2 Å². The summed E-state index contributed by atoms with van der Waals surface area (Å²) in [6.07, 6.45) is 1.52. The zero-order valence-corrected chi connectivity index (χ0v) is 9.43. The van der Waals surface area contributed by atoms with Gasteiger partial charge in [0.05, 0.1) is 6.10 Å². The summed E-state index contributed by atoms with van der Waals surface area (Å²) in [5.74, 6) is -0.331. The molecular weight excluding hydrogens is 208 g/mol. The lowest BCUT2D eigenvalue weighted by atomic mass is 10.2. The Balaban J connectivity index is 2.71. The molecule has 1 rings (SSSR count). The van der Waals surface area contributed by atoms with Gasteiger partial charge in [0.2, 0.25) is 0 Å². The standard InChI is InChI=1S/C11H16N2O3/c1-8(14)5-7-13(2)11(16)9-4-3-6-12-10(9)15/h3-4,6,8,14H,5,7H2,1-2H3,(H,12,15). The van der Waals surface area contributed by atoms with Crippen molar-refractivity contribution in [3.63, 3.8) is 0 Å². The molecule has 0 aliphatic rings. The van der Waals surface area contributed by atoms with Crippen LogP contribution >= 0.6 is 0 Å². The number of aliphatic hydroxyl groups excluding tert-OH is 1. The molecule has 16 heavy (non-hydrogen) atoms. The van der Waals surface area contributed by atoms with E-state index in [4.69, 9.17) is 5.11 Å². The molecule has 5 nitrogen and oxygen atoms in total. The fraction of sp³-hybridized carbons (Fsp3) is 0.455. The van der Waals surface area contributed by atoms with Gasteiger partial charge in [-0.1, -0.05) is 0 Å². The third-order valence-electron chi connectivity index (χ3n) is 2.28. The number of nitrogens with one attached hydrogen (secondary N) is 1. The maximum atomic E-state index is 11.8. The average molecular weight is 224 g/mol. The number of carbonyl (C=O) groups excluding carboxylic acids is 1. The fourth-order valence-electron chi connectivity index (χ4n) is 1.28. The maximum Gasteiger partial charge on any atom is 0.260 e. The van der Waals surface area contributed by atoms with E-state index in [-0.39, 0.29) is 11.5 Å². The molecule has 1 atom stereocenters. The van der Waals surface area contributed by atoms with Crippen LogP contribution in [0.4, 0.5) is 0 Å².